The highest BCUT2D eigenvalue weighted by molar-refractivity contribution is 8.00. The molecule has 2 rings (SSSR count). The number of hydrogen-bond donors (Lipinski definition) is 0. The normalized spacial score (nSPS) is 35.6. The number of fused-ring (bicyclic) bond motifs is 2. The highest BCUT2D eigenvalue weighted by Gasteiger charge is 2.40. The first-order chi connectivity index (χ1) is 7.46. The minimum atomic E-state index is -4.09. The van der Waals surface area contributed by atoms with Gasteiger partial charge in [0.15, 0.2) is 0 Å². The third kappa shape index (κ3) is 3.20. The molecule has 1 nitrogen and oxygen atoms in total. The predicted octanol–water partition coefficient (Wildman–Crippen LogP) is 3.47. The van der Waals surface area contributed by atoms with Crippen LogP contribution in [0.1, 0.15) is 25.7 Å². The Morgan fingerprint density at radius 2 is 1.75 bits per heavy atom. The average Bonchev–Trinajstić information content (AvgIpc) is 2.41. The highest BCUT2D eigenvalue weighted by atomic mass is 35.5. The Morgan fingerprint density at radius 3 is 2.25 bits per heavy atom. The van der Waals surface area contributed by atoms with Crippen LogP contribution < -0.4 is 0 Å². The lowest BCUT2D eigenvalue weighted by atomic mass is 10.0. The number of rotatable bonds is 3. The zero-order valence-electron chi connectivity index (χ0n) is 8.84. The van der Waals surface area contributed by atoms with Gasteiger partial charge in [0.25, 0.3) is 0 Å². The SMILES string of the molecule is FC(F)(F)SCCN1C2CCC1CC(Cl)C2. The van der Waals surface area contributed by atoms with Crippen molar-refractivity contribution in [2.45, 2.75) is 48.7 Å². The summed E-state index contributed by atoms with van der Waals surface area (Å²) in [5, 5.41) is 0.226. The molecule has 0 aliphatic carbocycles. The maximum Gasteiger partial charge on any atom is 0.441 e. The average molecular weight is 274 g/mol. The van der Waals surface area contributed by atoms with Crippen LogP contribution in [0.2, 0.25) is 0 Å². The molecular weight excluding hydrogens is 259 g/mol. The predicted molar refractivity (Wildman–Crippen MR) is 60.9 cm³/mol. The quantitative estimate of drug-likeness (QED) is 0.725. The molecule has 2 saturated heterocycles. The van der Waals surface area contributed by atoms with E-state index in [1.54, 1.807) is 0 Å². The van der Waals surface area contributed by atoms with Gasteiger partial charge in [0.05, 0.1) is 0 Å². The molecule has 2 aliphatic rings. The van der Waals surface area contributed by atoms with Gasteiger partial charge in [-0.1, -0.05) is 0 Å². The van der Waals surface area contributed by atoms with Crippen molar-refractivity contribution in [2.24, 2.45) is 0 Å². The Bertz CT molecular complexity index is 235. The Morgan fingerprint density at radius 1 is 1.19 bits per heavy atom. The molecule has 0 N–H and O–H groups in total. The number of hydrogen-bond acceptors (Lipinski definition) is 2. The van der Waals surface area contributed by atoms with Gasteiger partial charge in [0.2, 0.25) is 0 Å². The van der Waals surface area contributed by atoms with Crippen LogP contribution in [0.5, 0.6) is 0 Å². The molecule has 2 unspecified atom stereocenters. The molecule has 2 atom stereocenters. The monoisotopic (exact) mass is 273 g/mol. The third-order valence-electron chi connectivity index (χ3n) is 3.44. The van der Waals surface area contributed by atoms with Gasteiger partial charge < -0.3 is 0 Å². The largest absolute Gasteiger partial charge is 0.441 e. The smallest absolute Gasteiger partial charge is 0.297 e. The van der Waals surface area contributed by atoms with E-state index >= 15 is 0 Å². The molecule has 0 aromatic rings. The summed E-state index contributed by atoms with van der Waals surface area (Å²) in [7, 11) is 0. The summed E-state index contributed by atoms with van der Waals surface area (Å²) in [4.78, 5) is 2.23. The highest BCUT2D eigenvalue weighted by Crippen LogP contribution is 2.38. The van der Waals surface area contributed by atoms with E-state index in [1.807, 2.05) is 0 Å². The second kappa shape index (κ2) is 4.94. The fraction of sp³-hybridized carbons (Fsp3) is 1.00. The van der Waals surface area contributed by atoms with Crippen molar-refractivity contribution in [3.63, 3.8) is 0 Å². The van der Waals surface area contributed by atoms with Crippen molar-refractivity contribution >= 4 is 23.4 Å². The standard InChI is InChI=1S/C10H15ClF3NS/c11-7-5-8-1-2-9(6-7)15(8)3-4-16-10(12,13)14/h7-9H,1-6H2. The van der Waals surface area contributed by atoms with E-state index in [9.17, 15) is 13.2 Å². The molecule has 2 aliphatic heterocycles. The van der Waals surface area contributed by atoms with Gasteiger partial charge >= 0.3 is 5.51 Å². The number of piperidine rings is 1. The molecule has 0 spiro atoms. The number of halogens is 4. The Kier molecular flexibility index (Phi) is 3.97. The van der Waals surface area contributed by atoms with Crippen molar-refractivity contribution in [1.29, 1.82) is 0 Å². The molecule has 2 fully saturated rings. The van der Waals surface area contributed by atoms with Crippen LogP contribution in [-0.2, 0) is 0 Å². The zero-order chi connectivity index (χ0) is 11.8. The zero-order valence-corrected chi connectivity index (χ0v) is 10.4. The second-order valence-corrected chi connectivity index (χ2v) is 6.26. The van der Waals surface area contributed by atoms with Crippen LogP contribution in [-0.4, -0.2) is 40.2 Å². The van der Waals surface area contributed by atoms with Gasteiger partial charge in [0, 0.05) is 29.8 Å². The lowest BCUT2D eigenvalue weighted by Gasteiger charge is -2.36. The van der Waals surface area contributed by atoms with Crippen LogP contribution in [0.25, 0.3) is 0 Å². The molecule has 2 heterocycles. The van der Waals surface area contributed by atoms with Crippen LogP contribution in [0, 0.1) is 0 Å². The fourth-order valence-electron chi connectivity index (χ4n) is 2.84. The van der Waals surface area contributed by atoms with Gasteiger partial charge in [0.1, 0.15) is 0 Å². The van der Waals surface area contributed by atoms with E-state index in [2.05, 4.69) is 4.90 Å². The molecule has 2 bridgehead atoms. The lowest BCUT2D eigenvalue weighted by Crippen LogP contribution is -2.44. The molecule has 6 heteroatoms. The van der Waals surface area contributed by atoms with Crippen molar-refractivity contribution in [3.8, 4) is 0 Å². The minimum absolute atomic E-state index is 0.0852. The van der Waals surface area contributed by atoms with Gasteiger partial charge in [-0.2, -0.15) is 13.2 Å². The minimum Gasteiger partial charge on any atom is -0.297 e. The van der Waals surface area contributed by atoms with Crippen LogP contribution in [0.15, 0.2) is 0 Å². The fourth-order valence-corrected chi connectivity index (χ4v) is 3.78. The maximum atomic E-state index is 12.0. The molecular formula is C10H15ClF3NS. The summed E-state index contributed by atoms with van der Waals surface area (Å²) in [5.74, 6) is 0.142. The van der Waals surface area contributed by atoms with Crippen molar-refractivity contribution in [2.75, 3.05) is 12.3 Å². The van der Waals surface area contributed by atoms with Gasteiger partial charge in [-0.05, 0) is 37.4 Å². The summed E-state index contributed by atoms with van der Waals surface area (Å²) >= 11 is 6.19. The molecule has 94 valence electrons. The van der Waals surface area contributed by atoms with Gasteiger partial charge in [-0.15, -0.1) is 11.6 Å². The number of nitrogens with zero attached hydrogens (tertiary/aromatic N) is 1. The summed E-state index contributed by atoms with van der Waals surface area (Å²) in [5.41, 5.74) is -4.09. The van der Waals surface area contributed by atoms with Crippen molar-refractivity contribution in [1.82, 2.24) is 4.90 Å². The van der Waals surface area contributed by atoms with E-state index in [0.29, 0.717) is 18.6 Å². The Hall–Kier alpha value is 0.390. The first-order valence-corrected chi connectivity index (χ1v) is 6.98. The summed E-state index contributed by atoms with van der Waals surface area (Å²) in [6.45, 7) is 0.545. The summed E-state index contributed by atoms with van der Waals surface area (Å²) < 4.78 is 36.0. The first-order valence-electron chi connectivity index (χ1n) is 5.56. The number of alkyl halides is 4. The van der Waals surface area contributed by atoms with Gasteiger partial charge in [-0.25, -0.2) is 0 Å². The van der Waals surface area contributed by atoms with Crippen molar-refractivity contribution in [3.05, 3.63) is 0 Å². The Balaban J connectivity index is 1.79. The maximum absolute atomic E-state index is 12.0. The van der Waals surface area contributed by atoms with Crippen LogP contribution in [0.3, 0.4) is 0 Å². The second-order valence-electron chi connectivity index (χ2n) is 4.49. The molecule has 16 heavy (non-hydrogen) atoms. The van der Waals surface area contributed by atoms with Crippen molar-refractivity contribution < 1.29 is 13.2 Å². The van der Waals surface area contributed by atoms with Crippen LogP contribution in [0.4, 0.5) is 13.2 Å². The van der Waals surface area contributed by atoms with E-state index in [1.165, 1.54) is 0 Å². The van der Waals surface area contributed by atoms with E-state index < -0.39 is 5.51 Å². The Labute approximate surface area is 103 Å². The molecule has 0 aromatic carbocycles. The van der Waals surface area contributed by atoms with E-state index in [0.717, 1.165) is 25.7 Å². The third-order valence-corrected chi connectivity index (χ3v) is 4.51. The first kappa shape index (κ1) is 12.8. The molecule has 0 radical (unpaired) electrons. The lowest BCUT2D eigenvalue weighted by molar-refractivity contribution is -0.0329. The topological polar surface area (TPSA) is 3.24 Å². The number of thioether (sulfide) groups is 1. The molecule has 0 amide bonds. The summed E-state index contributed by atoms with van der Waals surface area (Å²) in [6.07, 6.45) is 4.08. The molecule has 0 aromatic heterocycles. The summed E-state index contributed by atoms with van der Waals surface area (Å²) in [6, 6.07) is 0.852. The van der Waals surface area contributed by atoms with E-state index in [-0.39, 0.29) is 22.9 Å². The van der Waals surface area contributed by atoms with Gasteiger partial charge in [-0.3, -0.25) is 4.90 Å². The van der Waals surface area contributed by atoms with Crippen LogP contribution >= 0.6 is 23.4 Å². The molecule has 0 saturated carbocycles. The van der Waals surface area contributed by atoms with E-state index in [4.69, 9.17) is 11.6 Å².